The maximum absolute atomic E-state index is 5.76. The molecule has 96 valence electrons. The standard InChI is InChI=1S/C15H25NO/c1-13(2)10-15(11-16)8-9-17-12-14-6-4-3-5-7-14/h3-7,13,15H,8-12,16H2,1-2H3. The highest BCUT2D eigenvalue weighted by Gasteiger charge is 2.08. The van der Waals surface area contributed by atoms with Gasteiger partial charge in [0.2, 0.25) is 0 Å². The molecule has 0 fully saturated rings. The molecule has 0 amide bonds. The first-order chi connectivity index (χ1) is 8.22. The van der Waals surface area contributed by atoms with Crippen LogP contribution in [-0.4, -0.2) is 13.2 Å². The Kier molecular flexibility index (Phi) is 6.90. The third kappa shape index (κ3) is 6.44. The van der Waals surface area contributed by atoms with Crippen LogP contribution in [0, 0.1) is 11.8 Å². The lowest BCUT2D eigenvalue weighted by atomic mass is 9.95. The van der Waals surface area contributed by atoms with Crippen LogP contribution in [0.25, 0.3) is 0 Å². The van der Waals surface area contributed by atoms with Crippen molar-refractivity contribution in [2.24, 2.45) is 17.6 Å². The summed E-state index contributed by atoms with van der Waals surface area (Å²) in [7, 11) is 0. The van der Waals surface area contributed by atoms with Gasteiger partial charge in [0.1, 0.15) is 0 Å². The van der Waals surface area contributed by atoms with Crippen LogP contribution in [-0.2, 0) is 11.3 Å². The summed E-state index contributed by atoms with van der Waals surface area (Å²) in [4.78, 5) is 0. The molecule has 0 bridgehead atoms. The van der Waals surface area contributed by atoms with Gasteiger partial charge in [0.15, 0.2) is 0 Å². The minimum Gasteiger partial charge on any atom is -0.377 e. The van der Waals surface area contributed by atoms with E-state index < -0.39 is 0 Å². The summed E-state index contributed by atoms with van der Waals surface area (Å²) in [5.41, 5.74) is 7.00. The molecule has 17 heavy (non-hydrogen) atoms. The molecule has 0 spiro atoms. The average molecular weight is 235 g/mol. The fourth-order valence-corrected chi connectivity index (χ4v) is 2.01. The van der Waals surface area contributed by atoms with Crippen molar-refractivity contribution in [1.82, 2.24) is 0 Å². The van der Waals surface area contributed by atoms with Gasteiger partial charge in [-0.15, -0.1) is 0 Å². The predicted octanol–water partition coefficient (Wildman–Crippen LogP) is 3.21. The lowest BCUT2D eigenvalue weighted by Crippen LogP contribution is -2.18. The van der Waals surface area contributed by atoms with Crippen LogP contribution in [0.3, 0.4) is 0 Å². The van der Waals surface area contributed by atoms with E-state index in [2.05, 4.69) is 26.0 Å². The van der Waals surface area contributed by atoms with E-state index in [9.17, 15) is 0 Å². The molecule has 0 aliphatic carbocycles. The molecular weight excluding hydrogens is 210 g/mol. The van der Waals surface area contributed by atoms with Gasteiger partial charge in [-0.25, -0.2) is 0 Å². The van der Waals surface area contributed by atoms with Gasteiger partial charge in [0, 0.05) is 6.61 Å². The van der Waals surface area contributed by atoms with Crippen LogP contribution < -0.4 is 5.73 Å². The molecule has 1 aromatic rings. The van der Waals surface area contributed by atoms with Crippen LogP contribution in [0.15, 0.2) is 30.3 Å². The van der Waals surface area contributed by atoms with E-state index in [4.69, 9.17) is 10.5 Å². The number of hydrogen-bond acceptors (Lipinski definition) is 2. The zero-order valence-electron chi connectivity index (χ0n) is 11.1. The van der Waals surface area contributed by atoms with Gasteiger partial charge in [0.25, 0.3) is 0 Å². The van der Waals surface area contributed by atoms with E-state index >= 15 is 0 Å². The van der Waals surface area contributed by atoms with Gasteiger partial charge in [-0.3, -0.25) is 0 Å². The highest BCUT2D eigenvalue weighted by Crippen LogP contribution is 2.14. The SMILES string of the molecule is CC(C)CC(CN)CCOCc1ccccc1. The van der Waals surface area contributed by atoms with Crippen molar-refractivity contribution in [3.63, 3.8) is 0 Å². The molecule has 0 aromatic heterocycles. The van der Waals surface area contributed by atoms with Crippen molar-refractivity contribution in [3.8, 4) is 0 Å². The molecule has 0 saturated carbocycles. The summed E-state index contributed by atoms with van der Waals surface area (Å²) in [5.74, 6) is 1.32. The summed E-state index contributed by atoms with van der Waals surface area (Å²) >= 11 is 0. The fourth-order valence-electron chi connectivity index (χ4n) is 2.01. The third-order valence-corrected chi connectivity index (χ3v) is 2.92. The summed E-state index contributed by atoms with van der Waals surface area (Å²) in [5, 5.41) is 0. The lowest BCUT2D eigenvalue weighted by Gasteiger charge is -2.16. The molecule has 2 nitrogen and oxygen atoms in total. The normalized spacial score (nSPS) is 12.9. The second kappa shape index (κ2) is 8.26. The highest BCUT2D eigenvalue weighted by molar-refractivity contribution is 5.13. The minimum atomic E-state index is 0.603. The van der Waals surface area contributed by atoms with Gasteiger partial charge in [-0.1, -0.05) is 44.2 Å². The van der Waals surface area contributed by atoms with E-state index in [0.717, 1.165) is 25.5 Å². The van der Waals surface area contributed by atoms with Gasteiger partial charge < -0.3 is 10.5 Å². The number of ether oxygens (including phenoxy) is 1. The van der Waals surface area contributed by atoms with E-state index in [-0.39, 0.29) is 0 Å². The van der Waals surface area contributed by atoms with E-state index in [1.54, 1.807) is 0 Å². The van der Waals surface area contributed by atoms with Crippen molar-refractivity contribution in [3.05, 3.63) is 35.9 Å². The van der Waals surface area contributed by atoms with Crippen LogP contribution in [0.2, 0.25) is 0 Å². The Morgan fingerprint density at radius 1 is 1.18 bits per heavy atom. The van der Waals surface area contributed by atoms with E-state index in [1.165, 1.54) is 12.0 Å². The van der Waals surface area contributed by atoms with Crippen molar-refractivity contribution in [2.75, 3.05) is 13.2 Å². The van der Waals surface area contributed by atoms with Crippen LogP contribution in [0.5, 0.6) is 0 Å². The van der Waals surface area contributed by atoms with Crippen molar-refractivity contribution in [1.29, 1.82) is 0 Å². The molecule has 1 rings (SSSR count). The number of hydrogen-bond donors (Lipinski definition) is 1. The first kappa shape index (κ1) is 14.2. The minimum absolute atomic E-state index is 0.603. The van der Waals surface area contributed by atoms with Gasteiger partial charge >= 0.3 is 0 Å². The zero-order valence-corrected chi connectivity index (χ0v) is 11.1. The van der Waals surface area contributed by atoms with Gasteiger partial charge in [0.05, 0.1) is 6.61 Å². The number of rotatable bonds is 8. The van der Waals surface area contributed by atoms with Crippen LogP contribution in [0.1, 0.15) is 32.3 Å². The second-order valence-corrected chi connectivity index (χ2v) is 5.06. The maximum Gasteiger partial charge on any atom is 0.0716 e. The Hall–Kier alpha value is -0.860. The summed E-state index contributed by atoms with van der Waals surface area (Å²) in [6.07, 6.45) is 2.27. The van der Waals surface area contributed by atoms with Crippen molar-refractivity contribution < 1.29 is 4.74 Å². The Bertz CT molecular complexity index is 284. The Balaban J connectivity index is 2.14. The first-order valence-electron chi connectivity index (χ1n) is 6.54. The summed E-state index contributed by atoms with van der Waals surface area (Å²) < 4.78 is 5.68. The fraction of sp³-hybridized carbons (Fsp3) is 0.600. The average Bonchev–Trinajstić information content (AvgIpc) is 2.34. The van der Waals surface area contributed by atoms with Crippen LogP contribution in [0.4, 0.5) is 0 Å². The third-order valence-electron chi connectivity index (χ3n) is 2.92. The molecule has 2 N–H and O–H groups in total. The number of nitrogens with two attached hydrogens (primary N) is 1. The smallest absolute Gasteiger partial charge is 0.0716 e. The largest absolute Gasteiger partial charge is 0.377 e. The molecule has 0 heterocycles. The van der Waals surface area contributed by atoms with Crippen LogP contribution >= 0.6 is 0 Å². The topological polar surface area (TPSA) is 35.2 Å². The van der Waals surface area contributed by atoms with E-state index in [1.807, 2.05) is 18.2 Å². The maximum atomic E-state index is 5.76. The Labute approximate surface area is 105 Å². The molecule has 0 saturated heterocycles. The molecule has 1 unspecified atom stereocenters. The quantitative estimate of drug-likeness (QED) is 0.702. The summed E-state index contributed by atoms with van der Waals surface area (Å²) in [6, 6.07) is 10.3. The first-order valence-corrected chi connectivity index (χ1v) is 6.54. The van der Waals surface area contributed by atoms with Gasteiger partial charge in [-0.2, -0.15) is 0 Å². The molecular formula is C15H25NO. The molecule has 1 atom stereocenters. The second-order valence-electron chi connectivity index (χ2n) is 5.06. The molecule has 0 aliphatic rings. The molecule has 0 radical (unpaired) electrons. The number of benzene rings is 1. The highest BCUT2D eigenvalue weighted by atomic mass is 16.5. The molecule has 2 heteroatoms. The monoisotopic (exact) mass is 235 g/mol. The van der Waals surface area contributed by atoms with Crippen molar-refractivity contribution in [2.45, 2.75) is 33.3 Å². The summed E-state index contributed by atoms with van der Waals surface area (Å²) in [6.45, 7) is 6.77. The molecule has 1 aromatic carbocycles. The van der Waals surface area contributed by atoms with Gasteiger partial charge in [-0.05, 0) is 36.8 Å². The zero-order chi connectivity index (χ0) is 12.5. The predicted molar refractivity (Wildman–Crippen MR) is 72.7 cm³/mol. The van der Waals surface area contributed by atoms with Crippen molar-refractivity contribution >= 4 is 0 Å². The lowest BCUT2D eigenvalue weighted by molar-refractivity contribution is 0.105. The van der Waals surface area contributed by atoms with E-state index in [0.29, 0.717) is 12.5 Å². The Morgan fingerprint density at radius 3 is 2.47 bits per heavy atom. The Morgan fingerprint density at radius 2 is 1.88 bits per heavy atom. The molecule has 0 aliphatic heterocycles.